The number of H-pyrrole nitrogens is 1. The van der Waals surface area contributed by atoms with Gasteiger partial charge in [-0.2, -0.15) is 4.98 Å². The highest BCUT2D eigenvalue weighted by Gasteiger charge is 2.11. The lowest BCUT2D eigenvalue weighted by Crippen LogP contribution is -3.00. The highest BCUT2D eigenvalue weighted by atomic mass is 35.5. The van der Waals surface area contributed by atoms with Gasteiger partial charge in [0.25, 0.3) is 0 Å². The Hall–Kier alpha value is -0.870. The fraction of sp³-hybridized carbons (Fsp3) is 0.429. The van der Waals surface area contributed by atoms with Crippen LogP contribution >= 0.6 is 0 Å². The molecular weight excluding hydrogens is 178 g/mol. The summed E-state index contributed by atoms with van der Waals surface area (Å²) in [5.74, 6) is 0. The molecule has 1 aromatic rings. The molecule has 0 radical (unpaired) electrons. The predicted octanol–water partition coefficient (Wildman–Crippen LogP) is -3.03. The zero-order chi connectivity index (χ0) is 8.48. The monoisotopic (exact) mass is 189 g/mol. The lowest BCUT2D eigenvalue weighted by molar-refractivity contribution is -0.00000279. The minimum atomic E-state index is -0.304. The molecule has 0 aliphatic rings. The molecule has 0 aliphatic heterocycles. The first-order valence-electron chi connectivity index (χ1n) is 3.37. The van der Waals surface area contributed by atoms with Crippen molar-refractivity contribution in [1.82, 2.24) is 14.5 Å². The molecule has 0 saturated carbocycles. The number of aromatic amines is 1. The Bertz CT molecular complexity index is 282. The van der Waals surface area contributed by atoms with E-state index >= 15 is 0 Å². The summed E-state index contributed by atoms with van der Waals surface area (Å²) in [5.41, 5.74) is 0.673. The summed E-state index contributed by atoms with van der Waals surface area (Å²) in [5, 5.41) is 0. The Morgan fingerprint density at radius 2 is 2.00 bits per heavy atom. The van der Waals surface area contributed by atoms with Crippen molar-refractivity contribution in [1.29, 1.82) is 0 Å². The Morgan fingerprint density at radius 1 is 1.42 bits per heavy atom. The average molecular weight is 190 g/mol. The molecule has 12 heavy (non-hydrogen) atoms. The molecule has 0 aromatic carbocycles. The zero-order valence-electron chi connectivity index (χ0n) is 7.34. The third-order valence-corrected chi connectivity index (χ3v) is 1.43. The van der Waals surface area contributed by atoms with Gasteiger partial charge in [-0.3, -0.25) is 4.48 Å². The van der Waals surface area contributed by atoms with Crippen molar-refractivity contribution in [3.63, 3.8) is 0 Å². The quantitative estimate of drug-likeness (QED) is 0.478. The molecule has 0 spiro atoms. The van der Waals surface area contributed by atoms with E-state index in [2.05, 4.69) is 9.97 Å². The number of rotatable bonds is 1. The molecule has 0 aliphatic carbocycles. The van der Waals surface area contributed by atoms with E-state index in [4.69, 9.17) is 0 Å². The van der Waals surface area contributed by atoms with E-state index in [-0.39, 0.29) is 18.1 Å². The van der Waals surface area contributed by atoms with Crippen LogP contribution in [0.2, 0.25) is 0 Å². The Morgan fingerprint density at radius 3 is 2.33 bits per heavy atom. The third-order valence-electron chi connectivity index (χ3n) is 1.43. The van der Waals surface area contributed by atoms with Crippen molar-refractivity contribution < 1.29 is 12.4 Å². The number of aromatic nitrogens is 2. The molecule has 0 unspecified atom stereocenters. The summed E-state index contributed by atoms with van der Waals surface area (Å²) >= 11 is 0. The van der Waals surface area contributed by atoms with Crippen LogP contribution in [-0.2, 0) is 0 Å². The molecule has 0 saturated heterocycles. The number of hydrogen-bond acceptors (Lipinski definition) is 2. The van der Waals surface area contributed by atoms with Gasteiger partial charge in [0.15, 0.2) is 5.69 Å². The van der Waals surface area contributed by atoms with Crippen molar-refractivity contribution in [2.75, 3.05) is 21.1 Å². The van der Waals surface area contributed by atoms with Gasteiger partial charge in [0.1, 0.15) is 0 Å². The van der Waals surface area contributed by atoms with Gasteiger partial charge in [-0.1, -0.05) is 0 Å². The summed E-state index contributed by atoms with van der Waals surface area (Å²) in [6.07, 6.45) is 3.26. The first-order chi connectivity index (χ1) is 5.00. The second-order valence-electron chi connectivity index (χ2n) is 3.29. The summed E-state index contributed by atoms with van der Waals surface area (Å²) in [6, 6.07) is 0. The number of nitrogens with one attached hydrogen (secondary N) is 1. The molecule has 5 heteroatoms. The minimum absolute atomic E-state index is 0. The molecule has 0 bridgehead atoms. The second-order valence-corrected chi connectivity index (χ2v) is 3.29. The lowest BCUT2D eigenvalue weighted by Gasteiger charge is -2.21. The highest BCUT2D eigenvalue weighted by Crippen LogP contribution is 2.10. The summed E-state index contributed by atoms with van der Waals surface area (Å²) in [4.78, 5) is 16.7. The number of quaternary nitrogens is 1. The van der Waals surface area contributed by atoms with Crippen LogP contribution in [-0.4, -0.2) is 31.1 Å². The number of nitrogens with zero attached hydrogens (tertiary/aromatic N) is 2. The van der Waals surface area contributed by atoms with Gasteiger partial charge in [0.2, 0.25) is 0 Å². The number of halogens is 1. The molecule has 0 amide bonds. The average Bonchev–Trinajstić information content (AvgIpc) is 1.86. The van der Waals surface area contributed by atoms with E-state index in [0.29, 0.717) is 4.48 Å². The smallest absolute Gasteiger partial charge is 0.345 e. The largest absolute Gasteiger partial charge is 1.00 e. The Kier molecular flexibility index (Phi) is 3.42. The van der Waals surface area contributed by atoms with E-state index < -0.39 is 0 Å². The maximum Gasteiger partial charge on any atom is 0.345 e. The zero-order valence-corrected chi connectivity index (χ0v) is 8.09. The topological polar surface area (TPSA) is 45.8 Å². The lowest BCUT2D eigenvalue weighted by atomic mass is 10.4. The molecule has 1 heterocycles. The molecule has 1 N–H and O–H groups in total. The van der Waals surface area contributed by atoms with Crippen molar-refractivity contribution in [2.45, 2.75) is 0 Å². The maximum absolute atomic E-state index is 10.6. The number of hydrogen-bond donors (Lipinski definition) is 1. The summed E-state index contributed by atoms with van der Waals surface area (Å²) < 4.78 is 0.657. The van der Waals surface area contributed by atoms with Gasteiger partial charge in [-0.05, 0) is 0 Å². The van der Waals surface area contributed by atoms with Crippen LogP contribution in [0.4, 0.5) is 5.69 Å². The highest BCUT2D eigenvalue weighted by molar-refractivity contribution is 5.34. The van der Waals surface area contributed by atoms with Crippen molar-refractivity contribution in [3.05, 3.63) is 22.9 Å². The van der Waals surface area contributed by atoms with Gasteiger partial charge in [0, 0.05) is 0 Å². The van der Waals surface area contributed by atoms with E-state index in [0.717, 1.165) is 5.69 Å². The standard InChI is InChI=1S/C7H11N3O.ClH/c1-10(2,3)6-4-8-7(11)9-5-6;/h4-5H,1-3H3;1H. The molecule has 1 aromatic heterocycles. The van der Waals surface area contributed by atoms with Crippen LogP contribution in [0.25, 0.3) is 0 Å². The van der Waals surface area contributed by atoms with Crippen molar-refractivity contribution >= 4 is 5.69 Å². The van der Waals surface area contributed by atoms with Gasteiger partial charge in [0.05, 0.1) is 33.5 Å². The Balaban J connectivity index is 0.00000121. The third kappa shape index (κ3) is 2.64. The van der Waals surface area contributed by atoms with Crippen molar-refractivity contribution in [3.8, 4) is 0 Å². The van der Waals surface area contributed by atoms with Gasteiger partial charge < -0.3 is 17.4 Å². The SMILES string of the molecule is C[N+](C)(C)c1cnc(=O)[nH]c1.[Cl-]. The van der Waals surface area contributed by atoms with Crippen LogP contribution < -0.4 is 22.6 Å². The van der Waals surface area contributed by atoms with E-state index in [1.54, 1.807) is 12.4 Å². The normalized spacial score (nSPS) is 10.6. The Labute approximate surface area is 77.2 Å². The van der Waals surface area contributed by atoms with E-state index in [1.807, 2.05) is 21.1 Å². The van der Waals surface area contributed by atoms with Crippen LogP contribution in [0, 0.1) is 0 Å². The molecule has 0 fully saturated rings. The van der Waals surface area contributed by atoms with Crippen molar-refractivity contribution in [2.24, 2.45) is 0 Å². The molecule has 1 rings (SSSR count). The second kappa shape index (κ2) is 3.69. The minimum Gasteiger partial charge on any atom is -1.00 e. The molecule has 4 nitrogen and oxygen atoms in total. The first-order valence-corrected chi connectivity index (χ1v) is 3.37. The van der Waals surface area contributed by atoms with Gasteiger partial charge in [-0.25, -0.2) is 4.79 Å². The summed E-state index contributed by atoms with van der Waals surface area (Å²) in [6.45, 7) is 0. The van der Waals surface area contributed by atoms with E-state index in [1.165, 1.54) is 0 Å². The van der Waals surface area contributed by atoms with Gasteiger partial charge in [-0.15, -0.1) is 0 Å². The molecule has 68 valence electrons. The maximum atomic E-state index is 10.6. The van der Waals surface area contributed by atoms with Crippen LogP contribution in [0.1, 0.15) is 0 Å². The van der Waals surface area contributed by atoms with Gasteiger partial charge >= 0.3 is 5.69 Å². The first kappa shape index (κ1) is 11.1. The van der Waals surface area contributed by atoms with Crippen LogP contribution in [0.5, 0.6) is 0 Å². The fourth-order valence-corrected chi connectivity index (χ4v) is 0.702. The fourth-order valence-electron chi connectivity index (χ4n) is 0.702. The molecule has 0 atom stereocenters. The van der Waals surface area contributed by atoms with E-state index in [9.17, 15) is 4.79 Å². The van der Waals surface area contributed by atoms with Crippen LogP contribution in [0.3, 0.4) is 0 Å². The van der Waals surface area contributed by atoms with Crippen LogP contribution in [0.15, 0.2) is 17.2 Å². The predicted molar refractivity (Wildman–Crippen MR) is 44.4 cm³/mol. The molecular formula is C7H12ClN3O. The summed E-state index contributed by atoms with van der Waals surface area (Å²) in [7, 11) is 6.03.